The molecule has 0 saturated carbocycles. The van der Waals surface area contributed by atoms with Gasteiger partial charge < -0.3 is 5.32 Å². The summed E-state index contributed by atoms with van der Waals surface area (Å²) in [5.41, 5.74) is 1.52. The summed E-state index contributed by atoms with van der Waals surface area (Å²) < 4.78 is 15.4. The number of aromatic nitrogens is 4. The van der Waals surface area contributed by atoms with Crippen LogP contribution in [0.1, 0.15) is 24.4 Å². The maximum atomic E-state index is 12.9. The third-order valence-corrected chi connectivity index (χ3v) is 4.08. The van der Waals surface area contributed by atoms with Crippen molar-refractivity contribution in [2.24, 2.45) is 0 Å². The third-order valence-electron chi connectivity index (χ3n) is 3.59. The predicted molar refractivity (Wildman–Crippen MR) is 93.5 cm³/mol. The minimum Gasteiger partial charge on any atom is -0.346 e. The molecular weight excluding hydrogens is 389 g/mol. The normalized spacial score (nSPS) is 12.0. The van der Waals surface area contributed by atoms with Crippen molar-refractivity contribution in [3.05, 3.63) is 70.2 Å². The van der Waals surface area contributed by atoms with Gasteiger partial charge in [0.05, 0.1) is 18.2 Å². The van der Waals surface area contributed by atoms with Crippen molar-refractivity contribution in [1.82, 2.24) is 25.5 Å². The van der Waals surface area contributed by atoms with Crippen LogP contribution in [-0.4, -0.2) is 26.1 Å². The molecule has 1 heterocycles. The predicted octanol–water partition coefficient (Wildman–Crippen LogP) is 2.98. The van der Waals surface area contributed by atoms with E-state index in [0.29, 0.717) is 5.82 Å². The highest BCUT2D eigenvalue weighted by Crippen LogP contribution is 2.18. The molecule has 0 radical (unpaired) electrons. The Bertz CT molecular complexity index is 881. The van der Waals surface area contributed by atoms with Gasteiger partial charge in [0.15, 0.2) is 5.82 Å². The number of rotatable bonds is 5. The number of nitrogens with one attached hydrogen (secondary N) is 1. The molecule has 0 bridgehead atoms. The molecule has 8 heteroatoms. The maximum absolute atomic E-state index is 12.9. The van der Waals surface area contributed by atoms with Crippen molar-refractivity contribution >= 4 is 21.8 Å². The van der Waals surface area contributed by atoms with Gasteiger partial charge in [0.1, 0.15) is 5.82 Å². The fraction of sp³-hybridized carbons (Fsp3) is 0.176. The van der Waals surface area contributed by atoms with Crippen LogP contribution in [0.5, 0.6) is 0 Å². The number of halogens is 2. The van der Waals surface area contributed by atoms with E-state index < -0.39 is 0 Å². The summed E-state index contributed by atoms with van der Waals surface area (Å²) in [4.78, 5) is 12.2. The highest BCUT2D eigenvalue weighted by atomic mass is 79.9. The molecule has 128 valence electrons. The lowest BCUT2D eigenvalue weighted by atomic mass is 10.1. The summed E-state index contributed by atoms with van der Waals surface area (Å²) in [6, 6.07) is 13.0. The number of nitrogens with zero attached hydrogens (tertiary/aromatic N) is 4. The zero-order valence-electron chi connectivity index (χ0n) is 13.4. The van der Waals surface area contributed by atoms with Gasteiger partial charge in [-0.15, -0.1) is 5.10 Å². The van der Waals surface area contributed by atoms with Gasteiger partial charge in [-0.05, 0) is 53.2 Å². The highest BCUT2D eigenvalue weighted by Gasteiger charge is 2.18. The Balaban J connectivity index is 1.71. The number of hydrogen-bond acceptors (Lipinski definition) is 4. The lowest BCUT2D eigenvalue weighted by Crippen LogP contribution is -2.30. The van der Waals surface area contributed by atoms with Gasteiger partial charge >= 0.3 is 0 Å². The van der Waals surface area contributed by atoms with Gasteiger partial charge in [-0.1, -0.05) is 34.1 Å². The number of carbonyl (C=O) groups excluding carboxylic acids is 1. The topological polar surface area (TPSA) is 72.7 Å². The van der Waals surface area contributed by atoms with Crippen LogP contribution in [0.25, 0.3) is 5.69 Å². The van der Waals surface area contributed by atoms with Gasteiger partial charge in [0, 0.05) is 4.47 Å². The smallest absolute Gasteiger partial charge is 0.224 e. The monoisotopic (exact) mass is 403 g/mol. The number of amides is 1. The molecule has 1 N–H and O–H groups in total. The van der Waals surface area contributed by atoms with Crippen molar-refractivity contribution in [2.45, 2.75) is 19.4 Å². The van der Waals surface area contributed by atoms with E-state index >= 15 is 0 Å². The molecule has 0 saturated heterocycles. The summed E-state index contributed by atoms with van der Waals surface area (Å²) in [7, 11) is 0. The Hall–Kier alpha value is -2.61. The molecule has 25 heavy (non-hydrogen) atoms. The van der Waals surface area contributed by atoms with Gasteiger partial charge in [-0.25, -0.2) is 4.39 Å². The van der Waals surface area contributed by atoms with Crippen LogP contribution in [0.15, 0.2) is 53.0 Å². The Labute approximate surface area is 152 Å². The van der Waals surface area contributed by atoms with Crippen LogP contribution in [0.2, 0.25) is 0 Å². The van der Waals surface area contributed by atoms with E-state index in [1.54, 1.807) is 16.8 Å². The van der Waals surface area contributed by atoms with E-state index in [1.165, 1.54) is 12.1 Å². The van der Waals surface area contributed by atoms with Crippen molar-refractivity contribution in [3.63, 3.8) is 0 Å². The van der Waals surface area contributed by atoms with Gasteiger partial charge in [-0.2, -0.15) is 4.68 Å². The summed E-state index contributed by atoms with van der Waals surface area (Å²) in [5.74, 6) is -0.000759. The average molecular weight is 404 g/mol. The van der Waals surface area contributed by atoms with Gasteiger partial charge in [0.25, 0.3) is 0 Å². The molecule has 1 unspecified atom stereocenters. The van der Waals surface area contributed by atoms with Crippen LogP contribution in [0, 0.1) is 5.82 Å². The minimum atomic E-state index is -0.387. The zero-order valence-corrected chi connectivity index (χ0v) is 14.9. The lowest BCUT2D eigenvalue weighted by molar-refractivity contribution is -0.121. The first-order valence-electron chi connectivity index (χ1n) is 7.61. The fourth-order valence-electron chi connectivity index (χ4n) is 2.40. The zero-order chi connectivity index (χ0) is 17.8. The lowest BCUT2D eigenvalue weighted by Gasteiger charge is -2.14. The summed E-state index contributed by atoms with van der Waals surface area (Å²) in [6.45, 7) is 1.81. The van der Waals surface area contributed by atoms with Crippen LogP contribution in [0.3, 0.4) is 0 Å². The second kappa shape index (κ2) is 7.52. The summed E-state index contributed by atoms with van der Waals surface area (Å²) in [6.07, 6.45) is 0.156. The number of hydrogen-bond donors (Lipinski definition) is 1. The van der Waals surface area contributed by atoms with Crippen molar-refractivity contribution in [1.29, 1.82) is 0 Å². The summed E-state index contributed by atoms with van der Waals surface area (Å²) in [5, 5.41) is 14.6. The molecular formula is C17H15BrFN5O. The molecule has 1 atom stereocenters. The molecule has 0 aliphatic rings. The quantitative estimate of drug-likeness (QED) is 0.710. The first-order chi connectivity index (χ1) is 12.0. The number of benzene rings is 2. The first kappa shape index (κ1) is 17.2. The first-order valence-corrected chi connectivity index (χ1v) is 8.40. The summed E-state index contributed by atoms with van der Waals surface area (Å²) >= 11 is 3.41. The van der Waals surface area contributed by atoms with E-state index in [2.05, 4.69) is 36.8 Å². The van der Waals surface area contributed by atoms with Crippen LogP contribution < -0.4 is 5.32 Å². The standard InChI is InChI=1S/C17H15BrFN5O/c1-11(20-16(25)9-12-5-7-14(19)8-6-12)17-21-22-23-24(17)15-4-2-3-13(18)10-15/h2-8,10-11H,9H2,1H3,(H,20,25). The Morgan fingerprint density at radius 2 is 2.04 bits per heavy atom. The van der Waals surface area contributed by atoms with Crippen LogP contribution >= 0.6 is 15.9 Å². The molecule has 0 fully saturated rings. The molecule has 3 aromatic rings. The van der Waals surface area contributed by atoms with E-state index in [-0.39, 0.29) is 24.2 Å². The Morgan fingerprint density at radius 3 is 2.76 bits per heavy atom. The number of carbonyl (C=O) groups is 1. The van der Waals surface area contributed by atoms with E-state index in [9.17, 15) is 9.18 Å². The second-order valence-electron chi connectivity index (χ2n) is 5.52. The van der Waals surface area contributed by atoms with E-state index in [4.69, 9.17) is 0 Å². The van der Waals surface area contributed by atoms with E-state index in [1.807, 2.05) is 31.2 Å². The Morgan fingerprint density at radius 1 is 1.28 bits per heavy atom. The van der Waals surface area contributed by atoms with Gasteiger partial charge in [-0.3, -0.25) is 4.79 Å². The van der Waals surface area contributed by atoms with Crippen molar-refractivity contribution in [2.75, 3.05) is 0 Å². The molecule has 1 aromatic heterocycles. The Kier molecular flexibility index (Phi) is 5.18. The molecule has 3 rings (SSSR count). The van der Waals surface area contributed by atoms with Crippen LogP contribution in [-0.2, 0) is 11.2 Å². The molecule has 1 amide bonds. The molecule has 0 spiro atoms. The van der Waals surface area contributed by atoms with Gasteiger partial charge in [0.2, 0.25) is 5.91 Å². The van der Waals surface area contributed by atoms with Crippen molar-refractivity contribution in [3.8, 4) is 5.69 Å². The SMILES string of the molecule is CC(NC(=O)Cc1ccc(F)cc1)c1nnnn1-c1cccc(Br)c1. The maximum Gasteiger partial charge on any atom is 0.224 e. The largest absolute Gasteiger partial charge is 0.346 e. The molecule has 0 aliphatic heterocycles. The molecule has 0 aliphatic carbocycles. The highest BCUT2D eigenvalue weighted by molar-refractivity contribution is 9.10. The third kappa shape index (κ3) is 4.27. The minimum absolute atomic E-state index is 0.156. The average Bonchev–Trinajstić information content (AvgIpc) is 3.07. The second-order valence-corrected chi connectivity index (χ2v) is 6.44. The fourth-order valence-corrected chi connectivity index (χ4v) is 2.79. The van der Waals surface area contributed by atoms with E-state index in [0.717, 1.165) is 15.7 Å². The van der Waals surface area contributed by atoms with Crippen molar-refractivity contribution < 1.29 is 9.18 Å². The van der Waals surface area contributed by atoms with Crippen LogP contribution in [0.4, 0.5) is 4.39 Å². The number of tetrazole rings is 1. The molecule has 6 nitrogen and oxygen atoms in total. The molecule has 2 aromatic carbocycles.